The molecule has 0 bridgehead atoms. The Morgan fingerprint density at radius 3 is 2.21 bits per heavy atom. The molecule has 6 heteroatoms. The second-order valence-corrected chi connectivity index (χ2v) is 4.24. The molecule has 0 aromatic heterocycles. The summed E-state index contributed by atoms with van der Waals surface area (Å²) in [5, 5.41) is 0. The quantitative estimate of drug-likeness (QED) is 0.345. The van der Waals surface area contributed by atoms with Gasteiger partial charge in [0.25, 0.3) is 5.78 Å². The Bertz CT molecular complexity index is 484. The fraction of sp³-hybridized carbons (Fsp3) is 0.385. The van der Waals surface area contributed by atoms with Crippen molar-refractivity contribution in [3.05, 3.63) is 17.7 Å². The fourth-order valence-corrected chi connectivity index (χ4v) is 2.34. The van der Waals surface area contributed by atoms with Crippen molar-refractivity contribution in [3.8, 4) is 11.5 Å². The predicted molar refractivity (Wildman–Crippen MR) is 72.3 cm³/mol. The Hall–Kier alpha value is -1.69. The number of Topliss-reactive ketones (excluding diaryl/α,β-unsaturated/α-hetero) is 1. The van der Waals surface area contributed by atoms with Gasteiger partial charge in [0, 0.05) is 0 Å². The van der Waals surface area contributed by atoms with Gasteiger partial charge < -0.3 is 14.2 Å². The van der Waals surface area contributed by atoms with Gasteiger partial charge in [0.05, 0.1) is 31.3 Å². The SMILES string of the molecule is CCOC(=O)C(=O)c1c(OC)ccc(OC)c1SC. The molecule has 0 aliphatic rings. The highest BCUT2D eigenvalue weighted by molar-refractivity contribution is 7.98. The summed E-state index contributed by atoms with van der Waals surface area (Å²) < 4.78 is 15.1. The van der Waals surface area contributed by atoms with Gasteiger partial charge in [-0.3, -0.25) is 4.79 Å². The van der Waals surface area contributed by atoms with Crippen LogP contribution in [0.4, 0.5) is 0 Å². The molecule has 19 heavy (non-hydrogen) atoms. The van der Waals surface area contributed by atoms with Gasteiger partial charge in [-0.05, 0) is 25.3 Å². The van der Waals surface area contributed by atoms with Crippen LogP contribution in [0.1, 0.15) is 17.3 Å². The second-order valence-electron chi connectivity index (χ2n) is 3.43. The summed E-state index contributed by atoms with van der Waals surface area (Å²) in [5.41, 5.74) is 0.174. The Morgan fingerprint density at radius 2 is 1.74 bits per heavy atom. The van der Waals surface area contributed by atoms with Crippen molar-refractivity contribution in [1.82, 2.24) is 0 Å². The van der Waals surface area contributed by atoms with E-state index >= 15 is 0 Å². The molecule has 0 heterocycles. The molecule has 0 N–H and O–H groups in total. The molecule has 1 aromatic carbocycles. The average Bonchev–Trinajstić information content (AvgIpc) is 2.44. The first-order chi connectivity index (χ1) is 9.10. The molecular weight excluding hydrogens is 268 g/mol. The predicted octanol–water partition coefficient (Wildman–Crippen LogP) is 2.17. The number of methoxy groups -OCH3 is 2. The first kappa shape index (κ1) is 15.4. The van der Waals surface area contributed by atoms with Crippen LogP contribution in [0.3, 0.4) is 0 Å². The number of carbonyl (C=O) groups excluding carboxylic acids is 2. The monoisotopic (exact) mass is 284 g/mol. The van der Waals surface area contributed by atoms with E-state index in [-0.39, 0.29) is 12.2 Å². The number of benzene rings is 1. The number of thioether (sulfide) groups is 1. The van der Waals surface area contributed by atoms with Crippen molar-refractivity contribution in [2.75, 3.05) is 27.1 Å². The van der Waals surface area contributed by atoms with Crippen LogP contribution in [-0.2, 0) is 9.53 Å². The Morgan fingerprint density at radius 1 is 1.16 bits per heavy atom. The number of hydrogen-bond acceptors (Lipinski definition) is 6. The fourth-order valence-electron chi connectivity index (χ4n) is 1.59. The first-order valence-electron chi connectivity index (χ1n) is 5.61. The molecule has 0 aliphatic heterocycles. The molecule has 1 rings (SSSR count). The molecule has 0 amide bonds. The molecule has 1 aromatic rings. The van der Waals surface area contributed by atoms with Gasteiger partial charge in [-0.15, -0.1) is 11.8 Å². The number of hydrogen-bond donors (Lipinski definition) is 0. The highest BCUT2D eigenvalue weighted by Crippen LogP contribution is 2.37. The van der Waals surface area contributed by atoms with E-state index in [9.17, 15) is 9.59 Å². The van der Waals surface area contributed by atoms with E-state index in [1.807, 2.05) is 0 Å². The number of esters is 1. The molecule has 104 valence electrons. The van der Waals surface area contributed by atoms with E-state index in [0.717, 1.165) is 0 Å². The van der Waals surface area contributed by atoms with Crippen molar-refractivity contribution in [1.29, 1.82) is 0 Å². The summed E-state index contributed by atoms with van der Waals surface area (Å²) in [4.78, 5) is 24.3. The van der Waals surface area contributed by atoms with Crippen molar-refractivity contribution in [2.24, 2.45) is 0 Å². The molecule has 0 saturated heterocycles. The molecule has 0 aliphatic carbocycles. The highest BCUT2D eigenvalue weighted by atomic mass is 32.2. The maximum atomic E-state index is 12.1. The number of ether oxygens (including phenoxy) is 3. The van der Waals surface area contributed by atoms with E-state index in [4.69, 9.17) is 14.2 Å². The van der Waals surface area contributed by atoms with E-state index in [1.165, 1.54) is 26.0 Å². The minimum absolute atomic E-state index is 0.144. The van der Waals surface area contributed by atoms with E-state index < -0.39 is 11.8 Å². The molecular formula is C13H16O5S. The van der Waals surface area contributed by atoms with E-state index in [1.54, 1.807) is 25.3 Å². The minimum Gasteiger partial charge on any atom is -0.496 e. The third-order valence-electron chi connectivity index (χ3n) is 2.42. The van der Waals surface area contributed by atoms with Gasteiger partial charge in [0.1, 0.15) is 11.5 Å². The largest absolute Gasteiger partial charge is 0.496 e. The first-order valence-corrected chi connectivity index (χ1v) is 6.83. The molecule has 0 fully saturated rings. The van der Waals surface area contributed by atoms with Gasteiger partial charge >= 0.3 is 5.97 Å². The molecule has 0 saturated carbocycles. The summed E-state index contributed by atoms with van der Waals surface area (Å²) in [7, 11) is 2.94. The maximum Gasteiger partial charge on any atom is 0.379 e. The molecule has 5 nitrogen and oxygen atoms in total. The summed E-state index contributed by atoms with van der Waals surface area (Å²) >= 11 is 1.31. The number of carbonyl (C=O) groups is 2. The van der Waals surface area contributed by atoms with E-state index in [2.05, 4.69) is 0 Å². The standard InChI is InChI=1S/C13H16O5S/c1-5-18-13(15)11(14)10-8(16-2)6-7-9(17-3)12(10)19-4/h6-7H,5H2,1-4H3. The molecule has 0 spiro atoms. The minimum atomic E-state index is -0.899. The zero-order valence-electron chi connectivity index (χ0n) is 11.3. The van der Waals surface area contributed by atoms with Gasteiger partial charge in [-0.2, -0.15) is 0 Å². The summed E-state index contributed by atoms with van der Waals surface area (Å²) in [5.74, 6) is -0.796. The van der Waals surface area contributed by atoms with Crippen molar-refractivity contribution >= 4 is 23.5 Å². The van der Waals surface area contributed by atoms with Crippen LogP contribution in [0.25, 0.3) is 0 Å². The van der Waals surface area contributed by atoms with Crippen LogP contribution in [0.2, 0.25) is 0 Å². The second kappa shape index (κ2) is 7.04. The highest BCUT2D eigenvalue weighted by Gasteiger charge is 2.27. The third-order valence-corrected chi connectivity index (χ3v) is 3.23. The zero-order valence-corrected chi connectivity index (χ0v) is 12.1. The van der Waals surface area contributed by atoms with Crippen LogP contribution < -0.4 is 9.47 Å². The van der Waals surface area contributed by atoms with Gasteiger partial charge in [-0.1, -0.05) is 0 Å². The Balaban J connectivity index is 3.37. The van der Waals surface area contributed by atoms with Crippen LogP contribution in [0, 0.1) is 0 Å². The lowest BCUT2D eigenvalue weighted by Gasteiger charge is -2.14. The molecule has 0 radical (unpaired) electrons. The normalized spacial score (nSPS) is 9.89. The molecule has 0 unspecified atom stereocenters. The van der Waals surface area contributed by atoms with Gasteiger partial charge in [-0.25, -0.2) is 4.79 Å². The number of ketones is 1. The van der Waals surface area contributed by atoms with Gasteiger partial charge in [0.2, 0.25) is 0 Å². The average molecular weight is 284 g/mol. The third kappa shape index (κ3) is 3.20. The lowest BCUT2D eigenvalue weighted by Crippen LogP contribution is -2.19. The zero-order chi connectivity index (χ0) is 14.4. The van der Waals surface area contributed by atoms with Crippen LogP contribution in [-0.4, -0.2) is 38.8 Å². The maximum absolute atomic E-state index is 12.1. The topological polar surface area (TPSA) is 61.8 Å². The van der Waals surface area contributed by atoms with E-state index in [0.29, 0.717) is 16.4 Å². The smallest absolute Gasteiger partial charge is 0.379 e. The lowest BCUT2D eigenvalue weighted by molar-refractivity contribution is -0.137. The van der Waals surface area contributed by atoms with Crippen molar-refractivity contribution < 1.29 is 23.8 Å². The Kier molecular flexibility index (Phi) is 5.69. The van der Waals surface area contributed by atoms with Crippen molar-refractivity contribution in [3.63, 3.8) is 0 Å². The Labute approximate surface area is 116 Å². The summed E-state index contributed by atoms with van der Waals surface area (Å²) in [6.07, 6.45) is 1.79. The van der Waals surface area contributed by atoms with Gasteiger partial charge in [0.15, 0.2) is 0 Å². The van der Waals surface area contributed by atoms with Crippen LogP contribution in [0.5, 0.6) is 11.5 Å². The number of rotatable bonds is 6. The lowest BCUT2D eigenvalue weighted by atomic mass is 10.1. The molecule has 0 atom stereocenters. The van der Waals surface area contributed by atoms with Crippen molar-refractivity contribution in [2.45, 2.75) is 11.8 Å². The van der Waals surface area contributed by atoms with Crippen LogP contribution in [0.15, 0.2) is 17.0 Å². The summed E-state index contributed by atoms with van der Waals surface area (Å²) in [6.45, 7) is 1.79. The summed E-state index contributed by atoms with van der Waals surface area (Å²) in [6, 6.07) is 3.28. The van der Waals surface area contributed by atoms with Crippen LogP contribution >= 0.6 is 11.8 Å².